The highest BCUT2D eigenvalue weighted by Gasteiger charge is 2.35. The van der Waals surface area contributed by atoms with Crippen LogP contribution in [0.15, 0.2) is 75.6 Å². The molecule has 2 aliphatic rings. The smallest absolute Gasteiger partial charge is 0.141 e. The number of fused-ring (bicyclic) bond motifs is 1. The van der Waals surface area contributed by atoms with Crippen molar-refractivity contribution in [3.63, 3.8) is 0 Å². The summed E-state index contributed by atoms with van der Waals surface area (Å²) in [5.74, 6) is 0.879. The van der Waals surface area contributed by atoms with Gasteiger partial charge in [0, 0.05) is 40.9 Å². The quantitative estimate of drug-likeness (QED) is 0.448. The van der Waals surface area contributed by atoms with Gasteiger partial charge in [-0.15, -0.1) is 0 Å². The fraction of sp³-hybridized carbons (Fsp3) is 0.360. The van der Waals surface area contributed by atoms with E-state index in [9.17, 15) is 4.39 Å². The van der Waals surface area contributed by atoms with Crippen molar-refractivity contribution in [2.75, 3.05) is 18.4 Å². The Morgan fingerprint density at radius 2 is 2.16 bits per heavy atom. The van der Waals surface area contributed by atoms with Crippen LogP contribution < -0.4 is 5.32 Å². The number of aliphatic imine (C=N–C) groups is 1. The number of thioether (sulfide) groups is 1. The number of alkyl halides is 1. The molecule has 6 heteroatoms. The van der Waals surface area contributed by atoms with Gasteiger partial charge >= 0.3 is 0 Å². The third kappa shape index (κ3) is 5.97. The molecule has 2 atom stereocenters. The summed E-state index contributed by atoms with van der Waals surface area (Å²) in [7, 11) is 0. The molecule has 2 unspecified atom stereocenters. The van der Waals surface area contributed by atoms with Gasteiger partial charge in [-0.1, -0.05) is 48.2 Å². The van der Waals surface area contributed by atoms with E-state index in [1.54, 1.807) is 23.9 Å². The Morgan fingerprint density at radius 1 is 1.42 bits per heavy atom. The van der Waals surface area contributed by atoms with Crippen molar-refractivity contribution in [1.82, 2.24) is 4.90 Å². The Bertz CT molecular complexity index is 941. The standard InChI is InChI=1S/C25H31FN4S/c1-5-13-31-19(4)25-28-15-22(23(27)8-6-7-18(3)26)24-14-21(16-30(24)25)29-20-11-9-17(2)10-12-20/h5-6,8-13,18,21,27,29H,4,7,14-16H2,1-3H3/b8-6-,13-5-,27-23?. The maximum Gasteiger partial charge on any atom is 0.141 e. The molecule has 4 nitrogen and oxygen atoms in total. The first-order valence-electron chi connectivity index (χ1n) is 10.6. The Morgan fingerprint density at radius 3 is 2.84 bits per heavy atom. The molecule has 31 heavy (non-hydrogen) atoms. The van der Waals surface area contributed by atoms with Crippen LogP contribution in [0.25, 0.3) is 0 Å². The molecule has 0 aromatic heterocycles. The molecular formula is C25H31FN4S. The monoisotopic (exact) mass is 438 g/mol. The molecule has 0 aliphatic carbocycles. The van der Waals surface area contributed by atoms with Crippen LogP contribution in [0, 0.1) is 12.3 Å². The summed E-state index contributed by atoms with van der Waals surface area (Å²) in [4.78, 5) is 7.88. The molecule has 0 amide bonds. The molecule has 1 saturated heterocycles. The van der Waals surface area contributed by atoms with Crippen LogP contribution in [0.3, 0.4) is 0 Å². The molecule has 164 valence electrons. The van der Waals surface area contributed by atoms with Gasteiger partial charge < -0.3 is 15.6 Å². The lowest BCUT2D eigenvalue weighted by Gasteiger charge is -2.29. The molecule has 1 fully saturated rings. The zero-order chi connectivity index (χ0) is 22.4. The van der Waals surface area contributed by atoms with Gasteiger partial charge in [0.15, 0.2) is 0 Å². The number of allylic oxidation sites excluding steroid dienone is 3. The number of nitrogens with one attached hydrogen (secondary N) is 2. The number of aryl methyl sites for hydroxylation is 1. The molecule has 2 aliphatic heterocycles. The van der Waals surface area contributed by atoms with Crippen LogP contribution in [0.2, 0.25) is 0 Å². The largest absolute Gasteiger partial charge is 0.380 e. The Balaban J connectivity index is 1.84. The van der Waals surface area contributed by atoms with E-state index < -0.39 is 6.17 Å². The first kappa shape index (κ1) is 23.1. The van der Waals surface area contributed by atoms with Gasteiger partial charge in [0.05, 0.1) is 12.3 Å². The maximum atomic E-state index is 13.1. The highest BCUT2D eigenvalue weighted by Crippen LogP contribution is 2.34. The van der Waals surface area contributed by atoms with Crippen LogP contribution in [-0.2, 0) is 0 Å². The van der Waals surface area contributed by atoms with Gasteiger partial charge in [-0.05, 0) is 50.8 Å². The summed E-state index contributed by atoms with van der Waals surface area (Å²) in [6.45, 7) is 11.0. The van der Waals surface area contributed by atoms with Crippen molar-refractivity contribution in [2.45, 2.75) is 45.8 Å². The second-order valence-corrected chi connectivity index (χ2v) is 8.93. The number of hydrogen-bond acceptors (Lipinski definition) is 5. The summed E-state index contributed by atoms with van der Waals surface area (Å²) in [6, 6.07) is 8.61. The number of nitrogens with zero attached hydrogens (tertiary/aromatic N) is 2. The lowest BCUT2D eigenvalue weighted by atomic mass is 10.0. The zero-order valence-corrected chi connectivity index (χ0v) is 19.3. The molecule has 1 aromatic carbocycles. The maximum absolute atomic E-state index is 13.1. The lowest BCUT2D eigenvalue weighted by Crippen LogP contribution is -2.35. The van der Waals surface area contributed by atoms with Crippen LogP contribution in [0.5, 0.6) is 0 Å². The fourth-order valence-electron chi connectivity index (χ4n) is 3.71. The SMILES string of the molecule is C=C(S/C=C\C)C1=NCC(C(=N)/C=C\CC(C)F)=C2CC(Nc3ccc(C)cc3)CN12. The highest BCUT2D eigenvalue weighted by molar-refractivity contribution is 8.06. The molecule has 2 N–H and O–H groups in total. The minimum Gasteiger partial charge on any atom is -0.380 e. The first-order valence-corrected chi connectivity index (χ1v) is 11.5. The van der Waals surface area contributed by atoms with Crippen molar-refractivity contribution in [3.8, 4) is 0 Å². The Labute approximate surface area is 189 Å². The van der Waals surface area contributed by atoms with Gasteiger partial charge in [-0.2, -0.15) is 0 Å². The third-order valence-electron chi connectivity index (χ3n) is 5.25. The second kappa shape index (κ2) is 10.6. The van der Waals surface area contributed by atoms with Crippen molar-refractivity contribution in [3.05, 3.63) is 76.2 Å². The predicted octanol–water partition coefficient (Wildman–Crippen LogP) is 6.25. The van der Waals surface area contributed by atoms with Gasteiger partial charge in [-0.25, -0.2) is 4.39 Å². The number of amidine groups is 1. The minimum absolute atomic E-state index is 0.207. The van der Waals surface area contributed by atoms with Crippen LogP contribution >= 0.6 is 11.8 Å². The second-order valence-electron chi connectivity index (χ2n) is 7.93. The van der Waals surface area contributed by atoms with Gasteiger partial charge in [0.25, 0.3) is 0 Å². The number of hydrogen-bond donors (Lipinski definition) is 2. The van der Waals surface area contributed by atoms with Crippen molar-refractivity contribution >= 4 is 29.0 Å². The number of rotatable bonds is 9. The molecule has 3 rings (SSSR count). The van der Waals surface area contributed by atoms with E-state index in [1.807, 2.05) is 18.4 Å². The van der Waals surface area contributed by atoms with Gasteiger partial charge in [-0.3, -0.25) is 4.99 Å². The topological polar surface area (TPSA) is 51.5 Å². The van der Waals surface area contributed by atoms with E-state index in [2.05, 4.69) is 48.0 Å². The van der Waals surface area contributed by atoms with E-state index in [0.717, 1.165) is 40.7 Å². The average Bonchev–Trinajstić information content (AvgIpc) is 3.16. The third-order valence-corrected chi connectivity index (χ3v) is 6.12. The minimum atomic E-state index is -0.907. The Kier molecular flexibility index (Phi) is 7.91. The molecule has 2 heterocycles. The van der Waals surface area contributed by atoms with Crippen LogP contribution in [0.4, 0.5) is 10.1 Å². The highest BCUT2D eigenvalue weighted by atomic mass is 32.2. The lowest BCUT2D eigenvalue weighted by molar-refractivity contribution is 0.365. The molecular weight excluding hydrogens is 407 g/mol. The Hall–Kier alpha value is -2.60. The number of halogens is 1. The van der Waals surface area contributed by atoms with Crippen molar-refractivity contribution in [1.29, 1.82) is 5.41 Å². The molecule has 0 bridgehead atoms. The molecule has 0 radical (unpaired) electrons. The summed E-state index contributed by atoms with van der Waals surface area (Å²) < 4.78 is 13.1. The summed E-state index contributed by atoms with van der Waals surface area (Å²) in [5.41, 5.74) is 4.74. The summed E-state index contributed by atoms with van der Waals surface area (Å²) in [5, 5.41) is 14.2. The van der Waals surface area contributed by atoms with Crippen molar-refractivity contribution < 1.29 is 4.39 Å². The first-order chi connectivity index (χ1) is 14.9. The van der Waals surface area contributed by atoms with Crippen LogP contribution in [-0.4, -0.2) is 41.8 Å². The van der Waals surface area contributed by atoms with E-state index in [0.29, 0.717) is 18.7 Å². The van der Waals surface area contributed by atoms with E-state index >= 15 is 0 Å². The van der Waals surface area contributed by atoms with E-state index in [-0.39, 0.29) is 6.04 Å². The van der Waals surface area contributed by atoms with E-state index in [4.69, 9.17) is 10.4 Å². The number of anilines is 1. The predicted molar refractivity (Wildman–Crippen MR) is 133 cm³/mol. The average molecular weight is 439 g/mol. The van der Waals surface area contributed by atoms with Gasteiger partial charge in [0.1, 0.15) is 12.0 Å². The van der Waals surface area contributed by atoms with E-state index in [1.165, 1.54) is 12.5 Å². The van der Waals surface area contributed by atoms with Gasteiger partial charge in [0.2, 0.25) is 0 Å². The summed E-state index contributed by atoms with van der Waals surface area (Å²) in [6.07, 6.45) is 5.65. The normalized spacial score (nSPS) is 19.7. The van der Waals surface area contributed by atoms with Crippen molar-refractivity contribution in [2.24, 2.45) is 4.99 Å². The number of benzene rings is 1. The summed E-state index contributed by atoms with van der Waals surface area (Å²) >= 11 is 1.57. The molecule has 0 saturated carbocycles. The zero-order valence-electron chi connectivity index (χ0n) is 18.5. The fourth-order valence-corrected chi connectivity index (χ4v) is 4.29. The molecule has 1 aromatic rings. The van der Waals surface area contributed by atoms with Crippen LogP contribution in [0.1, 0.15) is 32.3 Å². The molecule has 0 spiro atoms.